The van der Waals surface area contributed by atoms with Gasteiger partial charge >= 0.3 is 0 Å². The number of ether oxygens (including phenoxy) is 2. The second-order valence-corrected chi connectivity index (χ2v) is 8.24. The Morgan fingerprint density at radius 2 is 1.15 bits per heavy atom. The highest BCUT2D eigenvalue weighted by atomic mass is 16.5. The normalized spacial score (nSPS) is 10.5. The van der Waals surface area contributed by atoms with Gasteiger partial charge < -0.3 is 20.1 Å². The number of hydrogen-bond donors (Lipinski definition) is 2. The van der Waals surface area contributed by atoms with Crippen molar-refractivity contribution in [2.75, 3.05) is 23.8 Å². The Kier molecular flexibility index (Phi) is 7.72. The number of amides is 2. The molecule has 0 saturated carbocycles. The number of anilines is 2. The fourth-order valence-electron chi connectivity index (χ4n) is 3.43. The van der Waals surface area contributed by atoms with Gasteiger partial charge in [0.25, 0.3) is 11.8 Å². The van der Waals surface area contributed by atoms with Gasteiger partial charge in [-0.25, -0.2) is 0 Å². The first-order valence-corrected chi connectivity index (χ1v) is 10.8. The van der Waals surface area contributed by atoms with Gasteiger partial charge in [0.2, 0.25) is 0 Å². The zero-order valence-corrected chi connectivity index (χ0v) is 19.7. The Hall–Kier alpha value is -3.80. The topological polar surface area (TPSA) is 76.7 Å². The van der Waals surface area contributed by atoms with Gasteiger partial charge in [-0.15, -0.1) is 0 Å². The van der Waals surface area contributed by atoms with Crippen molar-refractivity contribution in [3.05, 3.63) is 82.4 Å². The Morgan fingerprint density at radius 3 is 1.67 bits per heavy atom. The molecule has 0 atom stereocenters. The van der Waals surface area contributed by atoms with Crippen LogP contribution in [0, 0.1) is 34.6 Å². The molecule has 0 bridgehead atoms. The van der Waals surface area contributed by atoms with E-state index in [1.165, 1.54) is 0 Å². The molecule has 3 aromatic rings. The summed E-state index contributed by atoms with van der Waals surface area (Å²) in [5.41, 5.74) is 6.28. The van der Waals surface area contributed by atoms with E-state index in [0.29, 0.717) is 22.9 Å². The number of rotatable bonds is 8. The highest BCUT2D eigenvalue weighted by Gasteiger charge is 2.10. The fourth-order valence-corrected chi connectivity index (χ4v) is 3.43. The molecule has 172 valence electrons. The summed E-state index contributed by atoms with van der Waals surface area (Å²) >= 11 is 0. The average molecular weight is 447 g/mol. The number of aryl methyl sites for hydroxylation is 5. The first-order chi connectivity index (χ1) is 15.7. The van der Waals surface area contributed by atoms with Crippen LogP contribution in [0.25, 0.3) is 0 Å². The molecule has 0 saturated heterocycles. The van der Waals surface area contributed by atoms with Crippen LogP contribution < -0.4 is 20.1 Å². The number of carbonyl (C=O) groups excluding carboxylic acids is 2. The van der Waals surface area contributed by atoms with E-state index in [-0.39, 0.29) is 25.0 Å². The van der Waals surface area contributed by atoms with Crippen molar-refractivity contribution in [2.24, 2.45) is 0 Å². The van der Waals surface area contributed by atoms with Gasteiger partial charge in [0.15, 0.2) is 13.2 Å². The second kappa shape index (κ2) is 10.7. The van der Waals surface area contributed by atoms with Gasteiger partial charge in [0.05, 0.1) is 0 Å². The molecule has 2 amide bonds. The van der Waals surface area contributed by atoms with Crippen LogP contribution in [-0.4, -0.2) is 25.0 Å². The van der Waals surface area contributed by atoms with Crippen LogP contribution in [0.1, 0.15) is 27.8 Å². The SMILES string of the molecule is Cc1ccc(OCC(=O)Nc2ccc(C)c(NC(=O)COc3ccc(C)cc3C)c2)c(C)c1. The van der Waals surface area contributed by atoms with Crippen LogP contribution in [0.2, 0.25) is 0 Å². The third-order valence-electron chi connectivity index (χ3n) is 5.17. The lowest BCUT2D eigenvalue weighted by Crippen LogP contribution is -2.22. The fraction of sp³-hybridized carbons (Fsp3) is 0.259. The summed E-state index contributed by atoms with van der Waals surface area (Å²) in [6.45, 7) is 9.57. The summed E-state index contributed by atoms with van der Waals surface area (Å²) in [6.07, 6.45) is 0. The van der Waals surface area contributed by atoms with E-state index in [1.54, 1.807) is 12.1 Å². The van der Waals surface area contributed by atoms with E-state index in [2.05, 4.69) is 10.6 Å². The molecule has 0 aliphatic heterocycles. The monoisotopic (exact) mass is 446 g/mol. The number of carbonyl (C=O) groups is 2. The molecule has 0 radical (unpaired) electrons. The number of nitrogens with one attached hydrogen (secondary N) is 2. The van der Waals surface area contributed by atoms with Crippen molar-refractivity contribution in [1.29, 1.82) is 0 Å². The lowest BCUT2D eigenvalue weighted by Gasteiger charge is -2.14. The molecule has 0 heterocycles. The molecule has 3 rings (SSSR count). The molecular weight excluding hydrogens is 416 g/mol. The standard InChI is InChI=1S/C27H30N2O4/c1-17-6-10-24(20(4)12-17)32-15-26(30)28-22-9-8-19(3)23(14-22)29-27(31)16-33-25-11-7-18(2)13-21(25)5/h6-14H,15-16H2,1-5H3,(H,28,30)(H,29,31). The first kappa shape index (κ1) is 23.9. The Bertz CT molecular complexity index is 1170. The van der Waals surface area contributed by atoms with Gasteiger partial charge in [-0.3, -0.25) is 9.59 Å². The summed E-state index contributed by atoms with van der Waals surface area (Å²) in [4.78, 5) is 24.8. The van der Waals surface area contributed by atoms with Gasteiger partial charge in [-0.1, -0.05) is 41.5 Å². The third-order valence-corrected chi connectivity index (χ3v) is 5.17. The molecule has 0 aliphatic carbocycles. The predicted molar refractivity (Wildman–Crippen MR) is 131 cm³/mol. The third kappa shape index (κ3) is 6.84. The van der Waals surface area contributed by atoms with Crippen molar-refractivity contribution < 1.29 is 19.1 Å². The first-order valence-electron chi connectivity index (χ1n) is 10.8. The molecule has 0 fully saturated rings. The van der Waals surface area contributed by atoms with E-state index < -0.39 is 0 Å². The van der Waals surface area contributed by atoms with E-state index in [9.17, 15) is 9.59 Å². The van der Waals surface area contributed by atoms with E-state index in [1.807, 2.05) is 77.1 Å². The van der Waals surface area contributed by atoms with Gasteiger partial charge in [-0.2, -0.15) is 0 Å². The maximum atomic E-state index is 12.4. The van der Waals surface area contributed by atoms with Crippen LogP contribution >= 0.6 is 0 Å². The van der Waals surface area contributed by atoms with E-state index in [4.69, 9.17) is 9.47 Å². The van der Waals surface area contributed by atoms with Crippen molar-refractivity contribution in [1.82, 2.24) is 0 Å². The lowest BCUT2D eigenvalue weighted by molar-refractivity contribution is -0.118. The minimum atomic E-state index is -0.283. The smallest absolute Gasteiger partial charge is 0.262 e. The lowest BCUT2D eigenvalue weighted by atomic mass is 10.1. The second-order valence-electron chi connectivity index (χ2n) is 8.24. The Balaban J connectivity index is 1.55. The minimum absolute atomic E-state index is 0.107. The van der Waals surface area contributed by atoms with Crippen LogP contribution in [0.4, 0.5) is 11.4 Å². The van der Waals surface area contributed by atoms with E-state index >= 15 is 0 Å². The summed E-state index contributed by atoms with van der Waals surface area (Å²) < 4.78 is 11.3. The molecule has 6 nitrogen and oxygen atoms in total. The Labute approximate surface area is 194 Å². The van der Waals surface area contributed by atoms with Crippen LogP contribution in [-0.2, 0) is 9.59 Å². The zero-order valence-electron chi connectivity index (χ0n) is 19.7. The summed E-state index contributed by atoms with van der Waals surface area (Å²) in [7, 11) is 0. The molecule has 3 aromatic carbocycles. The molecule has 33 heavy (non-hydrogen) atoms. The average Bonchev–Trinajstić information content (AvgIpc) is 2.75. The molecule has 0 aromatic heterocycles. The van der Waals surface area contributed by atoms with Crippen molar-refractivity contribution in [3.63, 3.8) is 0 Å². The molecule has 0 spiro atoms. The van der Waals surface area contributed by atoms with E-state index in [0.717, 1.165) is 27.8 Å². The maximum absolute atomic E-state index is 12.4. The molecule has 0 aliphatic rings. The van der Waals surface area contributed by atoms with Crippen molar-refractivity contribution in [3.8, 4) is 11.5 Å². The quantitative estimate of drug-likeness (QED) is 0.495. The maximum Gasteiger partial charge on any atom is 0.262 e. The summed E-state index contributed by atoms with van der Waals surface area (Å²) in [5.74, 6) is 0.794. The number of hydrogen-bond acceptors (Lipinski definition) is 4. The molecular formula is C27H30N2O4. The highest BCUT2D eigenvalue weighted by Crippen LogP contribution is 2.22. The van der Waals surface area contributed by atoms with Gasteiger partial charge in [-0.05, 0) is 75.6 Å². The molecule has 6 heteroatoms. The van der Waals surface area contributed by atoms with Crippen molar-refractivity contribution in [2.45, 2.75) is 34.6 Å². The molecule has 0 unspecified atom stereocenters. The van der Waals surface area contributed by atoms with Crippen LogP contribution in [0.3, 0.4) is 0 Å². The Morgan fingerprint density at radius 1 is 0.636 bits per heavy atom. The van der Waals surface area contributed by atoms with Crippen molar-refractivity contribution >= 4 is 23.2 Å². The van der Waals surface area contributed by atoms with Gasteiger partial charge in [0.1, 0.15) is 11.5 Å². The zero-order chi connectivity index (χ0) is 24.0. The molecule has 2 N–H and O–H groups in total. The highest BCUT2D eigenvalue weighted by molar-refractivity contribution is 5.95. The number of benzene rings is 3. The van der Waals surface area contributed by atoms with Crippen LogP contribution in [0.15, 0.2) is 54.6 Å². The van der Waals surface area contributed by atoms with Gasteiger partial charge in [0, 0.05) is 11.4 Å². The van der Waals surface area contributed by atoms with Crippen LogP contribution in [0.5, 0.6) is 11.5 Å². The summed E-state index contributed by atoms with van der Waals surface area (Å²) in [6, 6.07) is 17.0. The summed E-state index contributed by atoms with van der Waals surface area (Å²) in [5, 5.41) is 5.66. The minimum Gasteiger partial charge on any atom is -0.483 e. The largest absolute Gasteiger partial charge is 0.483 e. The predicted octanol–water partition coefficient (Wildman–Crippen LogP) is 5.26.